The molecule has 5 N–H and O–H groups in total. The third kappa shape index (κ3) is 5.01. The molecule has 0 fully saturated rings. The van der Waals surface area contributed by atoms with Gasteiger partial charge >= 0.3 is 0 Å². The van der Waals surface area contributed by atoms with E-state index in [2.05, 4.69) is 15.3 Å². The second-order valence-corrected chi connectivity index (χ2v) is 7.34. The van der Waals surface area contributed by atoms with Crippen molar-refractivity contribution in [3.8, 4) is 16.9 Å². The summed E-state index contributed by atoms with van der Waals surface area (Å²) in [6.45, 7) is 4.24. The van der Waals surface area contributed by atoms with E-state index in [-0.39, 0.29) is 25.2 Å². The molecule has 0 radical (unpaired) electrons. The van der Waals surface area contributed by atoms with Crippen molar-refractivity contribution in [3.63, 3.8) is 0 Å². The number of nitrogen functional groups attached to an aromatic ring is 1. The number of nitrogens with two attached hydrogens (primary N) is 1. The first-order valence-corrected chi connectivity index (χ1v) is 9.38. The van der Waals surface area contributed by atoms with Crippen LogP contribution >= 0.6 is 0 Å². The molecular formula is C22H26N4O3. The van der Waals surface area contributed by atoms with Crippen LogP contribution in [-0.4, -0.2) is 40.0 Å². The van der Waals surface area contributed by atoms with Gasteiger partial charge < -0.3 is 26.0 Å². The number of aliphatic hydroxyl groups excluding tert-OH is 2. The zero-order chi connectivity index (χ0) is 20.9. The van der Waals surface area contributed by atoms with Crippen LogP contribution in [0.2, 0.25) is 0 Å². The van der Waals surface area contributed by atoms with E-state index in [1.54, 1.807) is 18.3 Å². The van der Waals surface area contributed by atoms with E-state index >= 15 is 0 Å². The average molecular weight is 394 g/mol. The highest BCUT2D eigenvalue weighted by Crippen LogP contribution is 2.29. The lowest BCUT2D eigenvalue weighted by atomic mass is 9.85. The number of rotatable bonds is 8. The van der Waals surface area contributed by atoms with Gasteiger partial charge in [-0.1, -0.05) is 44.2 Å². The summed E-state index contributed by atoms with van der Waals surface area (Å²) < 4.78 is 5.40. The normalized spacial score (nSPS) is 11.3. The fourth-order valence-corrected chi connectivity index (χ4v) is 2.83. The van der Waals surface area contributed by atoms with E-state index in [4.69, 9.17) is 15.6 Å². The summed E-state index contributed by atoms with van der Waals surface area (Å²) in [5.74, 6) is 1.38. The summed E-state index contributed by atoms with van der Waals surface area (Å²) in [7, 11) is 0. The van der Waals surface area contributed by atoms with Crippen LogP contribution in [-0.2, 0) is 5.41 Å². The Balaban J connectivity index is 1.77. The van der Waals surface area contributed by atoms with Crippen molar-refractivity contribution in [1.29, 1.82) is 0 Å². The molecule has 0 aliphatic rings. The lowest BCUT2D eigenvalue weighted by molar-refractivity contribution is 0.201. The highest BCUT2D eigenvalue weighted by Gasteiger charge is 2.19. The van der Waals surface area contributed by atoms with Crippen molar-refractivity contribution >= 4 is 17.5 Å². The highest BCUT2D eigenvalue weighted by molar-refractivity contribution is 5.74. The summed E-state index contributed by atoms with van der Waals surface area (Å²) in [5, 5.41) is 21.5. The first-order valence-electron chi connectivity index (χ1n) is 9.38. The topological polar surface area (TPSA) is 114 Å². The molecule has 29 heavy (non-hydrogen) atoms. The Bertz CT molecular complexity index is 959. The van der Waals surface area contributed by atoms with Crippen LogP contribution in [0.1, 0.15) is 19.4 Å². The second kappa shape index (κ2) is 8.89. The maximum absolute atomic E-state index is 9.52. The summed E-state index contributed by atoms with van der Waals surface area (Å²) in [6, 6.07) is 15.2. The standard InChI is InChI=1S/C22H26N4O3/c1-22(2,14-28)16-8-6-15(7-9-16)19-13-24-21(26-20(19)23)25-17-4-3-5-18(12-17)29-11-10-27/h3-9,12-13,27-28H,10-11,14H2,1-2H3,(H3,23,24,25,26). The van der Waals surface area contributed by atoms with Gasteiger partial charge in [0.05, 0.1) is 13.2 Å². The molecule has 7 heteroatoms. The van der Waals surface area contributed by atoms with E-state index in [0.717, 1.165) is 22.4 Å². The molecule has 7 nitrogen and oxygen atoms in total. The minimum atomic E-state index is -0.302. The summed E-state index contributed by atoms with van der Waals surface area (Å²) >= 11 is 0. The number of hydrogen-bond donors (Lipinski definition) is 4. The number of ether oxygens (including phenoxy) is 1. The van der Waals surface area contributed by atoms with Crippen molar-refractivity contribution in [2.75, 3.05) is 30.9 Å². The molecule has 1 aromatic heterocycles. The predicted octanol–water partition coefficient (Wildman–Crippen LogP) is 3.11. The van der Waals surface area contributed by atoms with Crippen LogP contribution < -0.4 is 15.8 Å². The van der Waals surface area contributed by atoms with Crippen molar-refractivity contribution in [2.24, 2.45) is 0 Å². The van der Waals surface area contributed by atoms with E-state index in [9.17, 15) is 5.11 Å². The molecule has 0 saturated carbocycles. The molecule has 0 unspecified atom stereocenters. The molecule has 0 saturated heterocycles. The van der Waals surface area contributed by atoms with Crippen LogP contribution in [0.4, 0.5) is 17.5 Å². The van der Waals surface area contributed by atoms with Gasteiger partial charge in [-0.25, -0.2) is 4.98 Å². The lowest BCUT2D eigenvalue weighted by Crippen LogP contribution is -2.21. The molecule has 3 aromatic rings. The molecule has 0 aliphatic heterocycles. The molecule has 0 bridgehead atoms. The fraction of sp³-hybridized carbons (Fsp3) is 0.273. The van der Waals surface area contributed by atoms with Crippen molar-refractivity contribution in [2.45, 2.75) is 19.3 Å². The van der Waals surface area contributed by atoms with Crippen LogP contribution in [0.3, 0.4) is 0 Å². The number of hydrogen-bond acceptors (Lipinski definition) is 7. The van der Waals surface area contributed by atoms with Gasteiger partial charge in [-0.2, -0.15) is 4.98 Å². The smallest absolute Gasteiger partial charge is 0.229 e. The molecule has 152 valence electrons. The number of aliphatic hydroxyl groups is 2. The Labute approximate surface area is 170 Å². The number of nitrogens with zero attached hydrogens (tertiary/aromatic N) is 2. The maximum atomic E-state index is 9.52. The number of aromatic nitrogens is 2. The summed E-state index contributed by atoms with van der Waals surface area (Å²) in [6.07, 6.45) is 1.68. The summed E-state index contributed by atoms with van der Waals surface area (Å²) in [5.41, 5.74) is 9.31. The van der Waals surface area contributed by atoms with Gasteiger partial charge in [0.15, 0.2) is 0 Å². The predicted molar refractivity (Wildman–Crippen MR) is 114 cm³/mol. The van der Waals surface area contributed by atoms with E-state index in [0.29, 0.717) is 17.5 Å². The molecule has 2 aromatic carbocycles. The number of benzene rings is 2. The van der Waals surface area contributed by atoms with E-state index in [1.807, 2.05) is 50.2 Å². The largest absolute Gasteiger partial charge is 0.491 e. The van der Waals surface area contributed by atoms with Crippen molar-refractivity contribution in [1.82, 2.24) is 9.97 Å². The Morgan fingerprint density at radius 3 is 2.52 bits per heavy atom. The minimum Gasteiger partial charge on any atom is -0.491 e. The van der Waals surface area contributed by atoms with E-state index < -0.39 is 0 Å². The van der Waals surface area contributed by atoms with Gasteiger partial charge in [-0.3, -0.25) is 0 Å². The molecule has 0 spiro atoms. The van der Waals surface area contributed by atoms with Gasteiger partial charge in [0.25, 0.3) is 0 Å². The van der Waals surface area contributed by atoms with Crippen LogP contribution in [0.5, 0.6) is 5.75 Å². The zero-order valence-corrected chi connectivity index (χ0v) is 16.6. The van der Waals surface area contributed by atoms with Crippen LogP contribution in [0, 0.1) is 0 Å². The average Bonchev–Trinajstić information content (AvgIpc) is 2.73. The number of anilines is 3. The molecule has 0 aliphatic carbocycles. The Kier molecular flexibility index (Phi) is 6.31. The first-order chi connectivity index (χ1) is 13.9. The minimum absolute atomic E-state index is 0.0444. The quantitative estimate of drug-likeness (QED) is 0.464. The van der Waals surface area contributed by atoms with E-state index in [1.165, 1.54) is 0 Å². The van der Waals surface area contributed by atoms with Crippen LogP contribution in [0.15, 0.2) is 54.7 Å². The number of nitrogens with one attached hydrogen (secondary N) is 1. The molecule has 1 heterocycles. The Hall–Kier alpha value is -3.16. The van der Waals surface area contributed by atoms with Gasteiger partial charge in [-0.15, -0.1) is 0 Å². The SMILES string of the molecule is CC(C)(CO)c1ccc(-c2cnc(Nc3cccc(OCCO)c3)nc2N)cc1. The molecule has 0 atom stereocenters. The third-order valence-corrected chi connectivity index (χ3v) is 4.64. The van der Waals surface area contributed by atoms with Crippen LogP contribution in [0.25, 0.3) is 11.1 Å². The van der Waals surface area contributed by atoms with Gasteiger partial charge in [0.1, 0.15) is 18.2 Å². The fourth-order valence-electron chi connectivity index (χ4n) is 2.83. The first kappa shape index (κ1) is 20.6. The lowest BCUT2D eigenvalue weighted by Gasteiger charge is -2.22. The second-order valence-electron chi connectivity index (χ2n) is 7.34. The zero-order valence-electron chi connectivity index (χ0n) is 16.6. The maximum Gasteiger partial charge on any atom is 0.229 e. The van der Waals surface area contributed by atoms with Gasteiger partial charge in [-0.05, 0) is 23.3 Å². The Morgan fingerprint density at radius 2 is 1.86 bits per heavy atom. The van der Waals surface area contributed by atoms with Gasteiger partial charge in [0, 0.05) is 28.9 Å². The summed E-state index contributed by atoms with van der Waals surface area (Å²) in [4.78, 5) is 8.73. The highest BCUT2D eigenvalue weighted by atomic mass is 16.5. The third-order valence-electron chi connectivity index (χ3n) is 4.64. The van der Waals surface area contributed by atoms with Gasteiger partial charge in [0.2, 0.25) is 5.95 Å². The molecule has 3 rings (SSSR count). The monoisotopic (exact) mass is 394 g/mol. The van der Waals surface area contributed by atoms with Crippen molar-refractivity contribution in [3.05, 3.63) is 60.3 Å². The molecule has 0 amide bonds. The van der Waals surface area contributed by atoms with Crippen molar-refractivity contribution < 1.29 is 14.9 Å². The molecular weight excluding hydrogens is 368 g/mol. The Morgan fingerprint density at radius 1 is 1.10 bits per heavy atom.